The first kappa shape index (κ1) is 29.9. The molecular weight excluding hydrogens is 606 g/mol. The lowest BCUT2D eigenvalue weighted by molar-refractivity contribution is -0.0722. The van der Waals surface area contributed by atoms with Gasteiger partial charge in [-0.3, -0.25) is 9.88 Å². The van der Waals surface area contributed by atoms with E-state index in [0.717, 1.165) is 56.7 Å². The number of aromatic nitrogens is 3. The molecule has 0 aliphatic carbocycles. The molecule has 4 aromatic rings. The minimum Gasteiger partial charge on any atom is -0.478 e. The number of carbonyl (C=O) groups is 1. The van der Waals surface area contributed by atoms with Crippen LogP contribution in [0.3, 0.4) is 0 Å². The molecule has 9 nitrogen and oxygen atoms in total. The summed E-state index contributed by atoms with van der Waals surface area (Å²) in [5.41, 5.74) is 1.65. The Hall–Kier alpha value is -3.80. The van der Waals surface area contributed by atoms with Crippen molar-refractivity contribution >= 4 is 28.6 Å². The molecule has 7 rings (SSSR count). The number of pyridine rings is 1. The molecule has 0 saturated carbocycles. The van der Waals surface area contributed by atoms with Crippen LogP contribution in [0.15, 0.2) is 48.7 Å². The zero-order valence-electron chi connectivity index (χ0n) is 24.9. The molecule has 0 amide bonds. The van der Waals surface area contributed by atoms with Crippen molar-refractivity contribution in [2.45, 2.75) is 69.9 Å². The molecule has 5 heterocycles. The second-order valence-corrected chi connectivity index (χ2v) is 12.7. The zero-order valence-corrected chi connectivity index (χ0v) is 25.7. The average molecular weight is 639 g/mol. The Kier molecular flexibility index (Phi) is 7.45. The van der Waals surface area contributed by atoms with E-state index in [1.807, 2.05) is 23.6 Å². The van der Waals surface area contributed by atoms with Gasteiger partial charge in [0.1, 0.15) is 11.5 Å². The topological polar surface area (TPSA) is 98.9 Å². The molecule has 236 valence electrons. The number of piperidine rings is 1. The maximum Gasteiger partial charge on any atom is 0.335 e. The highest BCUT2D eigenvalue weighted by atomic mass is 35.5. The van der Waals surface area contributed by atoms with Gasteiger partial charge in [0.15, 0.2) is 11.5 Å². The minimum absolute atomic E-state index is 0.0675. The van der Waals surface area contributed by atoms with E-state index >= 15 is 0 Å². The van der Waals surface area contributed by atoms with Gasteiger partial charge in [0.05, 0.1) is 40.8 Å². The van der Waals surface area contributed by atoms with Crippen molar-refractivity contribution < 1.29 is 32.9 Å². The number of para-hydroxylation sites is 1. The SMILES string of the molecule is CC(F)(F)c1cc(C(=O)O)cc2c1nc(CN1CCC(c3cccc4c3O[C@](C)(c3ccc(Cl)cn3)O4)CC1)n2C[C@@H]1CCO1. The van der Waals surface area contributed by atoms with Crippen LogP contribution in [0.5, 0.6) is 11.5 Å². The summed E-state index contributed by atoms with van der Waals surface area (Å²) in [7, 11) is 0. The quantitative estimate of drug-likeness (QED) is 0.227. The predicted octanol–water partition coefficient (Wildman–Crippen LogP) is 6.71. The fraction of sp³-hybridized carbons (Fsp3) is 0.424. The lowest BCUT2D eigenvalue weighted by Crippen LogP contribution is -2.35. The van der Waals surface area contributed by atoms with Gasteiger partial charge in [0.2, 0.25) is 0 Å². The van der Waals surface area contributed by atoms with Crippen LogP contribution in [0.25, 0.3) is 11.0 Å². The Balaban J connectivity index is 1.12. The lowest BCUT2D eigenvalue weighted by atomic mass is 9.88. The van der Waals surface area contributed by atoms with Crippen molar-refractivity contribution in [1.82, 2.24) is 19.4 Å². The van der Waals surface area contributed by atoms with E-state index in [-0.39, 0.29) is 28.7 Å². The van der Waals surface area contributed by atoms with Crippen LogP contribution in [0, 0.1) is 0 Å². The number of nitrogens with zero attached hydrogens (tertiary/aromatic N) is 4. The van der Waals surface area contributed by atoms with Crippen LogP contribution in [0.4, 0.5) is 8.78 Å². The summed E-state index contributed by atoms with van der Waals surface area (Å²) in [4.78, 5) is 23.2. The van der Waals surface area contributed by atoms with Gasteiger partial charge >= 0.3 is 5.97 Å². The van der Waals surface area contributed by atoms with Gasteiger partial charge in [-0.2, -0.15) is 0 Å². The number of hydrogen-bond acceptors (Lipinski definition) is 7. The molecule has 2 fully saturated rings. The third kappa shape index (κ3) is 5.62. The molecule has 12 heteroatoms. The largest absolute Gasteiger partial charge is 0.478 e. The van der Waals surface area contributed by atoms with Crippen LogP contribution >= 0.6 is 11.6 Å². The van der Waals surface area contributed by atoms with E-state index in [1.165, 1.54) is 6.07 Å². The van der Waals surface area contributed by atoms with Crippen molar-refractivity contribution in [2.24, 2.45) is 0 Å². The van der Waals surface area contributed by atoms with Gasteiger partial charge in [0.25, 0.3) is 11.7 Å². The van der Waals surface area contributed by atoms with Gasteiger partial charge < -0.3 is 23.9 Å². The summed E-state index contributed by atoms with van der Waals surface area (Å²) in [5, 5.41) is 10.2. The molecule has 0 bridgehead atoms. The molecule has 2 atom stereocenters. The van der Waals surface area contributed by atoms with Crippen molar-refractivity contribution in [1.29, 1.82) is 0 Å². The van der Waals surface area contributed by atoms with E-state index < -0.39 is 17.7 Å². The molecule has 2 saturated heterocycles. The molecule has 0 unspecified atom stereocenters. The molecule has 3 aliphatic heterocycles. The van der Waals surface area contributed by atoms with Gasteiger partial charge in [-0.1, -0.05) is 23.7 Å². The summed E-state index contributed by atoms with van der Waals surface area (Å²) < 4.78 is 49.6. The second kappa shape index (κ2) is 11.2. The lowest BCUT2D eigenvalue weighted by Gasteiger charge is -2.33. The standard InChI is InChI=1S/C33H33ClF2N4O5/c1-32(35,36)24-14-20(31(41)42)15-25-29(24)38-28(40(25)17-22-10-13-43-22)18-39-11-8-19(9-12-39)23-4-3-5-26-30(23)45-33(2,44-26)27-7-6-21(34)16-37-27/h3-7,14-16,19,22H,8-13,17-18H2,1-2H3,(H,41,42)/t22-,33+/m0/s1. The molecule has 2 aromatic heterocycles. The first-order chi connectivity index (χ1) is 21.5. The maximum absolute atomic E-state index is 14.7. The summed E-state index contributed by atoms with van der Waals surface area (Å²) in [5.74, 6) is -3.34. The zero-order chi connectivity index (χ0) is 31.5. The molecular formula is C33H33ClF2N4O5. The molecule has 45 heavy (non-hydrogen) atoms. The number of halogens is 3. The maximum atomic E-state index is 14.7. The molecule has 1 N–H and O–H groups in total. The number of benzene rings is 2. The van der Waals surface area contributed by atoms with E-state index in [9.17, 15) is 18.7 Å². The number of aromatic carboxylic acids is 1. The van der Waals surface area contributed by atoms with E-state index in [4.69, 9.17) is 30.8 Å². The number of fused-ring (bicyclic) bond motifs is 2. The van der Waals surface area contributed by atoms with Crippen LogP contribution in [-0.2, 0) is 29.5 Å². The Bertz CT molecular complexity index is 1760. The predicted molar refractivity (Wildman–Crippen MR) is 162 cm³/mol. The normalized spacial score (nSPS) is 22.1. The van der Waals surface area contributed by atoms with Crippen LogP contribution in [0.1, 0.15) is 72.0 Å². The minimum atomic E-state index is -3.26. The Morgan fingerprint density at radius 1 is 1.16 bits per heavy atom. The smallest absolute Gasteiger partial charge is 0.335 e. The monoisotopic (exact) mass is 638 g/mol. The summed E-state index contributed by atoms with van der Waals surface area (Å²) in [6, 6.07) is 12.0. The van der Waals surface area contributed by atoms with Crippen LogP contribution in [-0.4, -0.2) is 56.3 Å². The van der Waals surface area contributed by atoms with Gasteiger partial charge in [-0.25, -0.2) is 18.6 Å². The van der Waals surface area contributed by atoms with Gasteiger partial charge in [-0.15, -0.1) is 0 Å². The number of imidazole rings is 1. The highest BCUT2D eigenvalue weighted by Gasteiger charge is 2.42. The first-order valence-corrected chi connectivity index (χ1v) is 15.5. The third-order valence-corrected chi connectivity index (χ3v) is 9.25. The Labute approximate surface area is 263 Å². The van der Waals surface area contributed by atoms with E-state index in [0.29, 0.717) is 47.5 Å². The van der Waals surface area contributed by atoms with Crippen molar-refractivity contribution in [3.8, 4) is 11.5 Å². The number of rotatable bonds is 8. The van der Waals surface area contributed by atoms with Crippen LogP contribution < -0.4 is 9.47 Å². The Morgan fingerprint density at radius 2 is 1.93 bits per heavy atom. The number of alkyl halides is 2. The number of carboxylic acid groups (broad SMARTS) is 1. The number of likely N-dealkylation sites (tertiary alicyclic amines) is 1. The number of ether oxygens (including phenoxy) is 3. The number of carboxylic acids is 1. The van der Waals surface area contributed by atoms with Crippen molar-refractivity contribution in [3.63, 3.8) is 0 Å². The summed E-state index contributed by atoms with van der Waals surface area (Å²) >= 11 is 6.04. The van der Waals surface area contributed by atoms with Crippen LogP contribution in [0.2, 0.25) is 5.02 Å². The third-order valence-electron chi connectivity index (χ3n) is 9.03. The number of hydrogen-bond donors (Lipinski definition) is 1. The van der Waals surface area contributed by atoms with Crippen molar-refractivity contribution in [2.75, 3.05) is 19.7 Å². The highest BCUT2D eigenvalue weighted by molar-refractivity contribution is 6.30. The van der Waals surface area contributed by atoms with Crippen molar-refractivity contribution in [3.05, 3.63) is 81.9 Å². The fourth-order valence-corrected chi connectivity index (χ4v) is 6.62. The summed E-state index contributed by atoms with van der Waals surface area (Å²) in [6.45, 7) is 5.64. The highest BCUT2D eigenvalue weighted by Crippen LogP contribution is 2.49. The summed E-state index contributed by atoms with van der Waals surface area (Å²) in [6.07, 6.45) is 4.05. The first-order valence-electron chi connectivity index (χ1n) is 15.1. The van der Waals surface area contributed by atoms with Gasteiger partial charge in [-0.05, 0) is 68.6 Å². The molecule has 0 radical (unpaired) electrons. The molecule has 2 aromatic carbocycles. The second-order valence-electron chi connectivity index (χ2n) is 12.2. The fourth-order valence-electron chi connectivity index (χ4n) is 6.51. The van der Waals surface area contributed by atoms with Gasteiger partial charge in [0, 0.05) is 37.8 Å². The Morgan fingerprint density at radius 3 is 2.58 bits per heavy atom. The average Bonchev–Trinajstić information content (AvgIpc) is 3.51. The molecule has 3 aliphatic rings. The molecule has 0 spiro atoms. The van der Waals surface area contributed by atoms with E-state index in [1.54, 1.807) is 18.3 Å². The van der Waals surface area contributed by atoms with E-state index in [2.05, 4.69) is 16.0 Å².